The normalized spacial score (nSPS) is 12.6. The standard InChI is InChI=1S/C12H14N2OS/c1-8(13)6-10-7-16-12(14-10)9-2-4-11(15)5-3-9/h2-5,7-8,15H,6,13H2,1H3. The SMILES string of the molecule is CC(N)Cc1csc(-c2ccc(O)cc2)n1. The Bertz CT molecular complexity index is 462. The van der Waals surface area contributed by atoms with E-state index in [9.17, 15) is 5.11 Å². The largest absolute Gasteiger partial charge is 0.508 e. The van der Waals surface area contributed by atoms with Gasteiger partial charge in [-0.05, 0) is 31.2 Å². The zero-order chi connectivity index (χ0) is 11.5. The van der Waals surface area contributed by atoms with Crippen LogP contribution in [0.1, 0.15) is 12.6 Å². The van der Waals surface area contributed by atoms with Crippen LogP contribution in [0, 0.1) is 0 Å². The van der Waals surface area contributed by atoms with Crippen molar-refractivity contribution in [3.05, 3.63) is 35.3 Å². The zero-order valence-electron chi connectivity index (χ0n) is 9.05. The van der Waals surface area contributed by atoms with Gasteiger partial charge in [0, 0.05) is 23.4 Å². The van der Waals surface area contributed by atoms with Crippen LogP contribution in [0.2, 0.25) is 0 Å². The monoisotopic (exact) mass is 234 g/mol. The van der Waals surface area contributed by atoms with Gasteiger partial charge in [-0.1, -0.05) is 0 Å². The van der Waals surface area contributed by atoms with Crippen molar-refractivity contribution < 1.29 is 5.11 Å². The molecule has 2 rings (SSSR count). The molecular weight excluding hydrogens is 220 g/mol. The first-order chi connectivity index (χ1) is 7.65. The van der Waals surface area contributed by atoms with Crippen molar-refractivity contribution in [3.63, 3.8) is 0 Å². The minimum Gasteiger partial charge on any atom is -0.508 e. The highest BCUT2D eigenvalue weighted by Crippen LogP contribution is 2.25. The van der Waals surface area contributed by atoms with Crippen LogP contribution in [0.15, 0.2) is 29.6 Å². The molecule has 1 unspecified atom stereocenters. The minimum atomic E-state index is 0.134. The van der Waals surface area contributed by atoms with E-state index < -0.39 is 0 Å². The van der Waals surface area contributed by atoms with Crippen molar-refractivity contribution in [1.29, 1.82) is 0 Å². The highest BCUT2D eigenvalue weighted by molar-refractivity contribution is 7.13. The molecule has 0 fully saturated rings. The fourth-order valence-corrected chi connectivity index (χ4v) is 2.31. The van der Waals surface area contributed by atoms with E-state index in [0.29, 0.717) is 0 Å². The lowest BCUT2D eigenvalue weighted by molar-refractivity contribution is 0.475. The predicted octanol–water partition coefficient (Wildman–Crippen LogP) is 2.41. The van der Waals surface area contributed by atoms with E-state index in [1.54, 1.807) is 23.5 Å². The van der Waals surface area contributed by atoms with Gasteiger partial charge in [0.1, 0.15) is 10.8 Å². The molecule has 2 aromatic rings. The van der Waals surface area contributed by atoms with E-state index in [2.05, 4.69) is 4.98 Å². The minimum absolute atomic E-state index is 0.134. The molecule has 1 atom stereocenters. The van der Waals surface area contributed by atoms with E-state index in [1.165, 1.54) is 0 Å². The molecule has 3 N–H and O–H groups in total. The molecule has 0 saturated heterocycles. The van der Waals surface area contributed by atoms with Crippen molar-refractivity contribution >= 4 is 11.3 Å². The number of hydrogen-bond donors (Lipinski definition) is 2. The van der Waals surface area contributed by atoms with Gasteiger partial charge in [0.15, 0.2) is 0 Å². The summed E-state index contributed by atoms with van der Waals surface area (Å²) in [4.78, 5) is 4.51. The number of hydrogen-bond acceptors (Lipinski definition) is 4. The van der Waals surface area contributed by atoms with Gasteiger partial charge in [-0.2, -0.15) is 0 Å². The number of rotatable bonds is 3. The van der Waals surface area contributed by atoms with Crippen LogP contribution in [0.4, 0.5) is 0 Å². The van der Waals surface area contributed by atoms with E-state index in [4.69, 9.17) is 5.73 Å². The second-order valence-corrected chi connectivity index (χ2v) is 4.73. The third-order valence-corrected chi connectivity index (χ3v) is 3.14. The summed E-state index contributed by atoms with van der Waals surface area (Å²) >= 11 is 1.60. The molecule has 1 heterocycles. The van der Waals surface area contributed by atoms with Crippen LogP contribution >= 0.6 is 11.3 Å². The zero-order valence-corrected chi connectivity index (χ0v) is 9.87. The summed E-state index contributed by atoms with van der Waals surface area (Å²) in [6, 6.07) is 7.20. The number of thiazole rings is 1. The maximum Gasteiger partial charge on any atom is 0.123 e. The van der Waals surface area contributed by atoms with Gasteiger partial charge in [0.2, 0.25) is 0 Å². The van der Waals surface area contributed by atoms with E-state index in [-0.39, 0.29) is 11.8 Å². The van der Waals surface area contributed by atoms with E-state index >= 15 is 0 Å². The number of aromatic nitrogens is 1. The lowest BCUT2D eigenvalue weighted by Crippen LogP contribution is -2.17. The molecular formula is C12H14N2OS. The molecule has 0 aliphatic heterocycles. The average molecular weight is 234 g/mol. The van der Waals surface area contributed by atoms with Crippen LogP contribution in [0.3, 0.4) is 0 Å². The molecule has 1 aromatic heterocycles. The van der Waals surface area contributed by atoms with Gasteiger partial charge in [0.25, 0.3) is 0 Å². The molecule has 1 aromatic carbocycles. The molecule has 0 spiro atoms. The third-order valence-electron chi connectivity index (χ3n) is 2.20. The summed E-state index contributed by atoms with van der Waals surface area (Å²) in [6.45, 7) is 1.97. The molecule has 0 aliphatic carbocycles. The highest BCUT2D eigenvalue weighted by atomic mass is 32.1. The highest BCUT2D eigenvalue weighted by Gasteiger charge is 2.06. The Labute approximate surface area is 98.6 Å². The van der Waals surface area contributed by atoms with Gasteiger partial charge in [-0.25, -0.2) is 4.98 Å². The number of benzene rings is 1. The van der Waals surface area contributed by atoms with Crippen LogP contribution in [0.25, 0.3) is 10.6 Å². The van der Waals surface area contributed by atoms with Gasteiger partial charge in [-0.3, -0.25) is 0 Å². The second-order valence-electron chi connectivity index (χ2n) is 3.87. The van der Waals surface area contributed by atoms with Crippen molar-refractivity contribution in [2.24, 2.45) is 5.73 Å². The molecule has 0 aliphatic rings. The molecule has 0 amide bonds. The average Bonchev–Trinajstić information content (AvgIpc) is 2.66. The summed E-state index contributed by atoms with van der Waals surface area (Å²) < 4.78 is 0. The topological polar surface area (TPSA) is 59.1 Å². The molecule has 84 valence electrons. The van der Waals surface area contributed by atoms with Gasteiger partial charge in [-0.15, -0.1) is 11.3 Å². The maximum atomic E-state index is 9.19. The Balaban J connectivity index is 2.21. The lowest BCUT2D eigenvalue weighted by atomic mass is 10.2. The fourth-order valence-electron chi connectivity index (χ4n) is 1.47. The quantitative estimate of drug-likeness (QED) is 0.857. The maximum absolute atomic E-state index is 9.19. The van der Waals surface area contributed by atoms with Crippen LogP contribution in [0.5, 0.6) is 5.75 Å². The van der Waals surface area contributed by atoms with Gasteiger partial charge < -0.3 is 10.8 Å². The van der Waals surface area contributed by atoms with Crippen molar-refractivity contribution in [1.82, 2.24) is 4.98 Å². The van der Waals surface area contributed by atoms with E-state index in [0.717, 1.165) is 22.7 Å². The van der Waals surface area contributed by atoms with Crippen LogP contribution in [-0.2, 0) is 6.42 Å². The number of aromatic hydroxyl groups is 1. The second kappa shape index (κ2) is 4.63. The fraction of sp³-hybridized carbons (Fsp3) is 0.250. The molecule has 4 heteroatoms. The Kier molecular flexibility index (Phi) is 3.22. The number of nitrogens with zero attached hydrogens (tertiary/aromatic N) is 1. The van der Waals surface area contributed by atoms with Crippen molar-refractivity contribution in [2.45, 2.75) is 19.4 Å². The summed E-state index contributed by atoms with van der Waals surface area (Å²) in [6.07, 6.45) is 0.800. The summed E-state index contributed by atoms with van der Waals surface area (Å²) in [5, 5.41) is 12.2. The van der Waals surface area contributed by atoms with E-state index in [1.807, 2.05) is 24.4 Å². The van der Waals surface area contributed by atoms with Crippen molar-refractivity contribution in [2.75, 3.05) is 0 Å². The molecule has 0 bridgehead atoms. The van der Waals surface area contributed by atoms with Crippen LogP contribution in [-0.4, -0.2) is 16.1 Å². The smallest absolute Gasteiger partial charge is 0.123 e. The summed E-state index contributed by atoms with van der Waals surface area (Å²) in [5.74, 6) is 0.274. The van der Waals surface area contributed by atoms with Crippen LogP contribution < -0.4 is 5.73 Å². The first kappa shape index (κ1) is 11.1. The summed E-state index contributed by atoms with van der Waals surface area (Å²) in [5.41, 5.74) is 7.78. The number of phenols is 1. The molecule has 0 saturated carbocycles. The Hall–Kier alpha value is -1.39. The van der Waals surface area contributed by atoms with Crippen molar-refractivity contribution in [3.8, 4) is 16.3 Å². The molecule has 0 radical (unpaired) electrons. The molecule has 3 nitrogen and oxygen atoms in total. The predicted molar refractivity (Wildman–Crippen MR) is 66.6 cm³/mol. The Morgan fingerprint density at radius 1 is 1.38 bits per heavy atom. The van der Waals surface area contributed by atoms with Gasteiger partial charge >= 0.3 is 0 Å². The number of phenolic OH excluding ortho intramolecular Hbond substituents is 1. The summed E-state index contributed by atoms with van der Waals surface area (Å²) in [7, 11) is 0. The first-order valence-electron chi connectivity index (χ1n) is 5.14. The molecule has 16 heavy (non-hydrogen) atoms. The lowest BCUT2D eigenvalue weighted by Gasteiger charge is -2.00. The number of nitrogens with two attached hydrogens (primary N) is 1. The third kappa shape index (κ3) is 2.59. The van der Waals surface area contributed by atoms with Gasteiger partial charge in [0.05, 0.1) is 5.69 Å². The first-order valence-corrected chi connectivity index (χ1v) is 6.02. The Morgan fingerprint density at radius 3 is 2.69 bits per heavy atom. The Morgan fingerprint density at radius 2 is 2.06 bits per heavy atom.